The lowest BCUT2D eigenvalue weighted by Crippen LogP contribution is -2.38. The molecule has 7 heteroatoms. The van der Waals surface area contributed by atoms with E-state index in [1.807, 2.05) is 6.92 Å². The number of ether oxygens (including phenoxy) is 2. The summed E-state index contributed by atoms with van der Waals surface area (Å²) in [6, 6.07) is 0. The predicted octanol–water partition coefficient (Wildman–Crippen LogP) is 7.23. The Labute approximate surface area is 208 Å². The van der Waals surface area contributed by atoms with Gasteiger partial charge in [0.2, 0.25) is 0 Å². The van der Waals surface area contributed by atoms with E-state index in [9.17, 15) is 18.1 Å². The molecule has 1 unspecified atom stereocenters. The minimum absolute atomic E-state index is 0.0493. The molecule has 1 aromatic carbocycles. The van der Waals surface area contributed by atoms with E-state index in [1.165, 1.54) is 14.2 Å². The summed E-state index contributed by atoms with van der Waals surface area (Å²) in [4.78, 5) is -0.395. The lowest BCUT2D eigenvalue weighted by atomic mass is 9.56. The molecular formula is C27H48O6S. The molecule has 2 N–H and O–H groups in total. The lowest BCUT2D eigenvalue weighted by Gasteiger charge is -2.49. The average molecular weight is 501 g/mol. The number of aromatic hydroxyl groups is 1. The van der Waals surface area contributed by atoms with Gasteiger partial charge in [0.05, 0.1) is 14.2 Å². The topological polar surface area (TPSA) is 93.1 Å². The van der Waals surface area contributed by atoms with Crippen LogP contribution in [0.3, 0.4) is 0 Å². The molecule has 0 aromatic heterocycles. The van der Waals surface area contributed by atoms with Gasteiger partial charge in [-0.1, -0.05) is 75.7 Å². The lowest BCUT2D eigenvalue weighted by molar-refractivity contribution is 0.0750. The van der Waals surface area contributed by atoms with Gasteiger partial charge in [-0.15, -0.1) is 0 Å². The summed E-state index contributed by atoms with van der Waals surface area (Å²) >= 11 is 0. The van der Waals surface area contributed by atoms with Crippen LogP contribution in [0.2, 0.25) is 0 Å². The van der Waals surface area contributed by atoms with Crippen LogP contribution in [0.1, 0.15) is 106 Å². The van der Waals surface area contributed by atoms with E-state index < -0.39 is 31.8 Å². The third-order valence-corrected chi connectivity index (χ3v) is 7.33. The minimum Gasteiger partial charge on any atom is -0.507 e. The number of hydrogen-bond donors (Lipinski definition) is 2. The van der Waals surface area contributed by atoms with Gasteiger partial charge >= 0.3 is 0 Å². The molecule has 1 rings (SSSR count). The van der Waals surface area contributed by atoms with Crippen LogP contribution < -0.4 is 9.47 Å². The summed E-state index contributed by atoms with van der Waals surface area (Å²) in [5.41, 5.74) is -0.170. The molecule has 198 valence electrons. The fourth-order valence-electron chi connectivity index (χ4n) is 6.63. The molecule has 0 aliphatic carbocycles. The summed E-state index contributed by atoms with van der Waals surface area (Å²) in [5, 5.41) is 11.7. The van der Waals surface area contributed by atoms with Crippen LogP contribution in [0, 0.1) is 22.2 Å². The maximum atomic E-state index is 12.9. The second kappa shape index (κ2) is 10.7. The molecule has 0 aliphatic rings. The Morgan fingerprint density at radius 2 is 1.41 bits per heavy atom. The normalized spacial score (nSPS) is 14.4. The smallest absolute Gasteiger partial charge is 0.298 e. The fourth-order valence-corrected chi connectivity index (χ4v) is 7.53. The highest BCUT2D eigenvalue weighted by atomic mass is 32.2. The van der Waals surface area contributed by atoms with Crippen molar-refractivity contribution in [1.29, 1.82) is 0 Å². The van der Waals surface area contributed by atoms with Crippen molar-refractivity contribution in [3.8, 4) is 17.2 Å². The van der Waals surface area contributed by atoms with E-state index in [-0.39, 0.29) is 28.2 Å². The Morgan fingerprint density at radius 1 is 0.912 bits per heavy atom. The number of rotatable bonds is 11. The van der Waals surface area contributed by atoms with Crippen LogP contribution in [-0.4, -0.2) is 32.3 Å². The third kappa shape index (κ3) is 6.81. The summed E-state index contributed by atoms with van der Waals surface area (Å²) in [6.07, 6.45) is 2.76. The van der Waals surface area contributed by atoms with Crippen molar-refractivity contribution in [1.82, 2.24) is 0 Å². The maximum Gasteiger partial charge on any atom is 0.298 e. The van der Waals surface area contributed by atoms with Gasteiger partial charge < -0.3 is 14.6 Å². The molecule has 0 spiro atoms. The number of phenols is 1. The van der Waals surface area contributed by atoms with Crippen molar-refractivity contribution in [2.75, 3.05) is 14.2 Å². The van der Waals surface area contributed by atoms with Crippen LogP contribution in [0.5, 0.6) is 17.2 Å². The summed E-state index contributed by atoms with van der Waals surface area (Å²) in [7, 11) is -2.00. The summed E-state index contributed by atoms with van der Waals surface area (Å²) in [5.74, 6) is -0.107. The molecule has 34 heavy (non-hydrogen) atoms. The van der Waals surface area contributed by atoms with Crippen molar-refractivity contribution < 1.29 is 27.6 Å². The van der Waals surface area contributed by atoms with Crippen molar-refractivity contribution in [2.45, 2.75) is 106 Å². The number of phenolic OH excluding ortho intramolecular Hbond substituents is 1. The van der Waals surface area contributed by atoms with Crippen molar-refractivity contribution >= 4 is 10.1 Å². The van der Waals surface area contributed by atoms with Crippen LogP contribution in [0.4, 0.5) is 0 Å². The molecule has 1 aromatic rings. The summed E-state index contributed by atoms with van der Waals surface area (Å²) < 4.78 is 47.3. The first-order valence-electron chi connectivity index (χ1n) is 12.2. The van der Waals surface area contributed by atoms with Crippen molar-refractivity contribution in [3.63, 3.8) is 0 Å². The number of methoxy groups -OCH3 is 2. The Balaban J connectivity index is 4.36. The molecule has 0 radical (unpaired) electrons. The standard InChI is InChI=1S/C27H48O6S/c1-13-14-18-20(28)19(23(34(29,30)31)22(33-12)21(18)32-11)24(26(7,8)15-17(2)3)27(9,10)16-25(4,5)6/h17,24,28H,13-16H2,1-12H3,(H,29,30,31). The highest BCUT2D eigenvalue weighted by molar-refractivity contribution is 7.86. The van der Waals surface area contributed by atoms with Crippen LogP contribution in [-0.2, 0) is 16.5 Å². The monoisotopic (exact) mass is 500 g/mol. The maximum absolute atomic E-state index is 12.9. The molecule has 0 aliphatic heterocycles. The van der Waals surface area contributed by atoms with E-state index >= 15 is 0 Å². The predicted molar refractivity (Wildman–Crippen MR) is 139 cm³/mol. The van der Waals surface area contributed by atoms with Gasteiger partial charge in [0.1, 0.15) is 10.6 Å². The highest BCUT2D eigenvalue weighted by Crippen LogP contribution is 2.60. The average Bonchev–Trinajstić information content (AvgIpc) is 2.59. The quantitative estimate of drug-likeness (QED) is 0.311. The highest BCUT2D eigenvalue weighted by Gasteiger charge is 2.48. The van der Waals surface area contributed by atoms with Gasteiger partial charge in [0.25, 0.3) is 10.1 Å². The first kappa shape index (κ1) is 30.6. The second-order valence-electron chi connectivity index (χ2n) is 12.6. The molecule has 0 fully saturated rings. The largest absolute Gasteiger partial charge is 0.507 e. The van der Waals surface area contributed by atoms with E-state index in [1.54, 1.807) is 0 Å². The molecular weight excluding hydrogens is 452 g/mol. The molecule has 0 bridgehead atoms. The zero-order valence-electron chi connectivity index (χ0n) is 23.4. The molecule has 0 saturated carbocycles. The molecule has 0 amide bonds. The van der Waals surface area contributed by atoms with Gasteiger partial charge in [0, 0.05) is 11.1 Å². The Hall–Kier alpha value is -1.47. The molecule has 6 nitrogen and oxygen atoms in total. The first-order chi connectivity index (χ1) is 15.2. The van der Waals surface area contributed by atoms with Crippen molar-refractivity contribution in [2.24, 2.45) is 22.2 Å². The van der Waals surface area contributed by atoms with Gasteiger partial charge in [-0.3, -0.25) is 4.55 Å². The molecule has 0 saturated heterocycles. The second-order valence-corrected chi connectivity index (χ2v) is 14.0. The number of hydrogen-bond acceptors (Lipinski definition) is 5. The Kier molecular flexibility index (Phi) is 9.57. The third-order valence-electron chi connectivity index (χ3n) is 6.41. The Morgan fingerprint density at radius 3 is 1.76 bits per heavy atom. The van der Waals surface area contributed by atoms with Crippen LogP contribution >= 0.6 is 0 Å². The van der Waals surface area contributed by atoms with Crippen LogP contribution in [0.15, 0.2) is 4.90 Å². The van der Waals surface area contributed by atoms with Gasteiger partial charge in [0.15, 0.2) is 11.5 Å². The SMILES string of the molecule is CCCc1c(O)c(C(C(C)(C)CC(C)C)C(C)(C)CC(C)(C)C)c(S(=O)(=O)O)c(OC)c1OC. The van der Waals surface area contributed by atoms with E-state index in [0.29, 0.717) is 24.3 Å². The zero-order chi connectivity index (χ0) is 26.9. The summed E-state index contributed by atoms with van der Waals surface area (Å²) in [6.45, 7) is 21.2. The Bertz CT molecular complexity index is 953. The molecule has 0 heterocycles. The van der Waals surface area contributed by atoms with E-state index in [0.717, 1.165) is 12.8 Å². The van der Waals surface area contributed by atoms with E-state index in [4.69, 9.17) is 9.47 Å². The number of benzene rings is 1. The van der Waals surface area contributed by atoms with Crippen molar-refractivity contribution in [3.05, 3.63) is 11.1 Å². The molecule has 1 atom stereocenters. The first-order valence-corrected chi connectivity index (χ1v) is 13.7. The van der Waals surface area contributed by atoms with Gasteiger partial charge in [-0.2, -0.15) is 8.42 Å². The van der Waals surface area contributed by atoms with Gasteiger partial charge in [-0.05, 0) is 47.3 Å². The minimum atomic E-state index is -4.77. The fraction of sp³-hybridized carbons (Fsp3) is 0.778. The van der Waals surface area contributed by atoms with Gasteiger partial charge in [-0.25, -0.2) is 0 Å². The van der Waals surface area contributed by atoms with E-state index in [2.05, 4.69) is 62.3 Å². The zero-order valence-corrected chi connectivity index (χ0v) is 24.2. The van der Waals surface area contributed by atoms with Crippen LogP contribution in [0.25, 0.3) is 0 Å².